The number of unbranched alkanes of at least 4 members (excludes halogenated alkanes) is 1. The first-order valence-corrected chi connectivity index (χ1v) is 7.92. The minimum Gasteiger partial charge on any atom is -0.468 e. The second-order valence-corrected chi connectivity index (χ2v) is 5.51. The summed E-state index contributed by atoms with van der Waals surface area (Å²) >= 11 is 0. The molecule has 3 aromatic heterocycles. The van der Waals surface area contributed by atoms with Crippen molar-refractivity contribution in [2.45, 2.75) is 45.8 Å². The van der Waals surface area contributed by atoms with Crippen LogP contribution in [-0.4, -0.2) is 15.0 Å². The Kier molecular flexibility index (Phi) is 5.26. The molecule has 0 unspecified atom stereocenters. The molecular weight excluding hydrogens is 294 g/mol. The van der Waals surface area contributed by atoms with E-state index in [2.05, 4.69) is 22.0 Å². The van der Waals surface area contributed by atoms with Crippen molar-refractivity contribution in [2.75, 3.05) is 0 Å². The standard InChI is InChI=1S/C17H21N3O3/c1-2-3-8-16-18-17(23-19-16)13-20(11-14-6-4-9-21-14)12-15-7-5-10-22-15/h4-7,9-10H,2-3,8,11-13H2,1H3. The van der Waals surface area contributed by atoms with E-state index in [9.17, 15) is 0 Å². The van der Waals surface area contributed by atoms with Gasteiger partial charge in [-0.05, 0) is 30.7 Å². The molecule has 0 fully saturated rings. The van der Waals surface area contributed by atoms with E-state index in [1.807, 2.05) is 24.3 Å². The number of hydrogen-bond donors (Lipinski definition) is 0. The van der Waals surface area contributed by atoms with Crippen molar-refractivity contribution in [3.63, 3.8) is 0 Å². The van der Waals surface area contributed by atoms with Gasteiger partial charge in [0.05, 0.1) is 32.2 Å². The number of aromatic nitrogens is 2. The van der Waals surface area contributed by atoms with E-state index in [0.29, 0.717) is 25.5 Å². The fourth-order valence-corrected chi connectivity index (χ4v) is 2.40. The third-order valence-electron chi connectivity index (χ3n) is 3.54. The Labute approximate surface area is 135 Å². The molecule has 0 aliphatic carbocycles. The fourth-order valence-electron chi connectivity index (χ4n) is 2.40. The van der Waals surface area contributed by atoms with E-state index in [1.54, 1.807) is 12.5 Å². The molecular formula is C17H21N3O3. The minimum atomic E-state index is 0.556. The van der Waals surface area contributed by atoms with Crippen LogP contribution in [0.15, 0.2) is 50.1 Å². The maximum Gasteiger partial charge on any atom is 0.240 e. The Morgan fingerprint density at radius 2 is 1.70 bits per heavy atom. The molecule has 3 rings (SSSR count). The second-order valence-electron chi connectivity index (χ2n) is 5.51. The first kappa shape index (κ1) is 15.6. The van der Waals surface area contributed by atoms with Crippen LogP contribution in [0.2, 0.25) is 0 Å². The van der Waals surface area contributed by atoms with Crippen molar-refractivity contribution in [2.24, 2.45) is 0 Å². The van der Waals surface area contributed by atoms with Crippen LogP contribution in [0.25, 0.3) is 0 Å². The quantitative estimate of drug-likeness (QED) is 0.598. The smallest absolute Gasteiger partial charge is 0.240 e. The molecule has 0 amide bonds. The Bertz CT molecular complexity index is 638. The van der Waals surface area contributed by atoms with Crippen LogP contribution in [-0.2, 0) is 26.1 Å². The summed E-state index contributed by atoms with van der Waals surface area (Å²) in [5, 5.41) is 4.04. The van der Waals surface area contributed by atoms with Gasteiger partial charge in [-0.2, -0.15) is 4.98 Å². The number of furan rings is 2. The van der Waals surface area contributed by atoms with Crippen LogP contribution in [0.4, 0.5) is 0 Å². The van der Waals surface area contributed by atoms with Crippen LogP contribution >= 0.6 is 0 Å². The first-order valence-electron chi connectivity index (χ1n) is 7.92. The SMILES string of the molecule is CCCCc1noc(CN(Cc2ccco2)Cc2ccco2)n1. The first-order chi connectivity index (χ1) is 11.3. The summed E-state index contributed by atoms with van der Waals surface area (Å²) in [6.45, 7) is 4.01. The van der Waals surface area contributed by atoms with Crippen LogP contribution < -0.4 is 0 Å². The summed E-state index contributed by atoms with van der Waals surface area (Å²) in [5.41, 5.74) is 0. The van der Waals surface area contributed by atoms with E-state index in [-0.39, 0.29) is 0 Å². The largest absolute Gasteiger partial charge is 0.468 e. The molecule has 0 N–H and O–H groups in total. The second kappa shape index (κ2) is 7.78. The van der Waals surface area contributed by atoms with E-state index in [4.69, 9.17) is 13.4 Å². The van der Waals surface area contributed by atoms with Crippen molar-refractivity contribution >= 4 is 0 Å². The van der Waals surface area contributed by atoms with Gasteiger partial charge in [-0.1, -0.05) is 18.5 Å². The molecule has 122 valence electrons. The molecule has 0 spiro atoms. The summed E-state index contributed by atoms with van der Waals surface area (Å²) < 4.78 is 16.2. The molecule has 0 saturated heterocycles. The van der Waals surface area contributed by atoms with Crippen molar-refractivity contribution < 1.29 is 13.4 Å². The fraction of sp³-hybridized carbons (Fsp3) is 0.412. The lowest BCUT2D eigenvalue weighted by Crippen LogP contribution is -2.22. The highest BCUT2D eigenvalue weighted by Gasteiger charge is 2.15. The van der Waals surface area contributed by atoms with Gasteiger partial charge in [0.25, 0.3) is 0 Å². The number of rotatable bonds is 9. The van der Waals surface area contributed by atoms with Crippen LogP contribution in [0.3, 0.4) is 0 Å². The zero-order valence-corrected chi connectivity index (χ0v) is 13.3. The molecule has 0 aromatic carbocycles. The molecule has 6 heteroatoms. The molecule has 6 nitrogen and oxygen atoms in total. The predicted octanol–water partition coefficient (Wildman–Crippen LogP) is 3.80. The molecule has 0 bridgehead atoms. The lowest BCUT2D eigenvalue weighted by molar-refractivity contribution is 0.183. The third kappa shape index (κ3) is 4.56. The highest BCUT2D eigenvalue weighted by atomic mass is 16.5. The average molecular weight is 315 g/mol. The molecule has 23 heavy (non-hydrogen) atoms. The Morgan fingerprint density at radius 1 is 1.00 bits per heavy atom. The summed E-state index contributed by atoms with van der Waals surface area (Å²) in [6, 6.07) is 7.68. The van der Waals surface area contributed by atoms with E-state index in [1.165, 1.54) is 0 Å². The Hall–Kier alpha value is -2.34. The molecule has 0 radical (unpaired) electrons. The van der Waals surface area contributed by atoms with E-state index < -0.39 is 0 Å². The van der Waals surface area contributed by atoms with Crippen LogP contribution in [0.1, 0.15) is 43.0 Å². The van der Waals surface area contributed by atoms with Crippen molar-refractivity contribution in [1.82, 2.24) is 15.0 Å². The predicted molar refractivity (Wildman–Crippen MR) is 83.3 cm³/mol. The number of aryl methyl sites for hydroxylation is 1. The summed E-state index contributed by atoms with van der Waals surface area (Å²) in [6.07, 6.45) is 6.40. The maximum atomic E-state index is 5.44. The minimum absolute atomic E-state index is 0.556. The van der Waals surface area contributed by atoms with E-state index >= 15 is 0 Å². The zero-order chi connectivity index (χ0) is 15.9. The lowest BCUT2D eigenvalue weighted by atomic mass is 10.2. The monoisotopic (exact) mass is 315 g/mol. The summed E-state index contributed by atoms with van der Waals surface area (Å²) in [7, 11) is 0. The van der Waals surface area contributed by atoms with Gasteiger partial charge in [0, 0.05) is 6.42 Å². The van der Waals surface area contributed by atoms with Crippen molar-refractivity contribution in [1.29, 1.82) is 0 Å². The molecule has 3 aromatic rings. The van der Waals surface area contributed by atoms with Gasteiger partial charge in [-0.15, -0.1) is 0 Å². The third-order valence-corrected chi connectivity index (χ3v) is 3.54. The highest BCUT2D eigenvalue weighted by molar-refractivity contribution is 5.01. The van der Waals surface area contributed by atoms with E-state index in [0.717, 1.165) is 36.6 Å². The van der Waals surface area contributed by atoms with Gasteiger partial charge in [-0.25, -0.2) is 0 Å². The highest BCUT2D eigenvalue weighted by Crippen LogP contribution is 2.14. The van der Waals surface area contributed by atoms with Gasteiger partial charge in [0.15, 0.2) is 5.82 Å². The van der Waals surface area contributed by atoms with Crippen molar-refractivity contribution in [3.05, 3.63) is 60.0 Å². The molecule has 0 atom stereocenters. The van der Waals surface area contributed by atoms with Gasteiger partial charge in [0.2, 0.25) is 5.89 Å². The molecule has 0 aliphatic rings. The van der Waals surface area contributed by atoms with Crippen LogP contribution in [0.5, 0.6) is 0 Å². The zero-order valence-electron chi connectivity index (χ0n) is 13.3. The summed E-state index contributed by atoms with van der Waals surface area (Å²) in [5.74, 6) is 3.18. The van der Waals surface area contributed by atoms with Crippen molar-refractivity contribution in [3.8, 4) is 0 Å². The molecule has 3 heterocycles. The number of hydrogen-bond acceptors (Lipinski definition) is 6. The van der Waals surface area contributed by atoms with Gasteiger partial charge < -0.3 is 13.4 Å². The lowest BCUT2D eigenvalue weighted by Gasteiger charge is -2.17. The molecule has 0 saturated carbocycles. The number of nitrogens with zero attached hydrogens (tertiary/aromatic N) is 3. The average Bonchev–Trinajstić information content (AvgIpc) is 3.28. The summed E-state index contributed by atoms with van der Waals surface area (Å²) in [4.78, 5) is 6.61. The van der Waals surface area contributed by atoms with Gasteiger partial charge in [0.1, 0.15) is 11.5 Å². The Morgan fingerprint density at radius 3 is 2.26 bits per heavy atom. The topological polar surface area (TPSA) is 68.4 Å². The van der Waals surface area contributed by atoms with Crippen LogP contribution in [0, 0.1) is 0 Å². The molecule has 0 aliphatic heterocycles. The Balaban J connectivity index is 1.66. The van der Waals surface area contributed by atoms with Gasteiger partial charge >= 0.3 is 0 Å². The van der Waals surface area contributed by atoms with Gasteiger partial charge in [-0.3, -0.25) is 4.90 Å². The maximum absolute atomic E-state index is 5.44. The normalized spacial score (nSPS) is 11.4.